The topological polar surface area (TPSA) is 43.1 Å². The lowest BCUT2D eigenvalue weighted by atomic mass is 10.1. The Morgan fingerprint density at radius 1 is 1.50 bits per heavy atom. The molecule has 1 rings (SSSR count). The molecule has 0 saturated carbocycles. The van der Waals surface area contributed by atoms with E-state index in [0.717, 1.165) is 0 Å². The summed E-state index contributed by atoms with van der Waals surface area (Å²) in [6.07, 6.45) is 0.278. The van der Waals surface area contributed by atoms with Crippen LogP contribution in [0.5, 0.6) is 0 Å². The van der Waals surface area contributed by atoms with E-state index >= 15 is 0 Å². The van der Waals surface area contributed by atoms with E-state index in [2.05, 4.69) is 0 Å². The molecule has 1 aromatic rings. The fourth-order valence-corrected chi connectivity index (χ4v) is 1.51. The van der Waals surface area contributed by atoms with E-state index in [4.69, 9.17) is 28.9 Å². The molecular formula is C10H11Cl2NO. The summed E-state index contributed by atoms with van der Waals surface area (Å²) in [5.74, 6) is -0.0764. The van der Waals surface area contributed by atoms with Crippen molar-refractivity contribution >= 4 is 29.0 Å². The van der Waals surface area contributed by atoms with E-state index in [1.807, 2.05) is 0 Å². The molecule has 4 heteroatoms. The van der Waals surface area contributed by atoms with Crippen molar-refractivity contribution in [3.8, 4) is 0 Å². The minimum atomic E-state index is -0.169. The van der Waals surface area contributed by atoms with Crippen LogP contribution >= 0.6 is 23.2 Å². The average molecular weight is 232 g/mol. The van der Waals surface area contributed by atoms with Crippen LogP contribution in [0.15, 0.2) is 18.2 Å². The van der Waals surface area contributed by atoms with Crippen LogP contribution in [0.2, 0.25) is 10.0 Å². The number of nitrogens with two attached hydrogens (primary N) is 1. The van der Waals surface area contributed by atoms with Gasteiger partial charge in [0, 0.05) is 23.0 Å². The molecule has 0 spiro atoms. The Balaban J connectivity index is 2.94. The van der Waals surface area contributed by atoms with Crippen molar-refractivity contribution in [1.29, 1.82) is 0 Å². The van der Waals surface area contributed by atoms with E-state index in [-0.39, 0.29) is 18.2 Å². The predicted octanol–water partition coefficient (Wildman–Crippen LogP) is 2.91. The molecule has 1 aromatic carbocycles. The van der Waals surface area contributed by atoms with Gasteiger partial charge in [-0.05, 0) is 25.1 Å². The number of rotatable bonds is 3. The van der Waals surface area contributed by atoms with E-state index in [9.17, 15) is 4.79 Å². The largest absolute Gasteiger partial charge is 0.328 e. The molecule has 0 aliphatic heterocycles. The second kappa shape index (κ2) is 4.78. The molecule has 1 atom stereocenters. The third-order valence-electron chi connectivity index (χ3n) is 1.74. The zero-order valence-corrected chi connectivity index (χ0v) is 9.27. The molecule has 0 fully saturated rings. The average Bonchev–Trinajstić information content (AvgIpc) is 2.08. The molecule has 0 aliphatic rings. The second-order valence-corrected chi connectivity index (χ2v) is 4.07. The maximum atomic E-state index is 11.6. The molecule has 0 amide bonds. The van der Waals surface area contributed by atoms with Gasteiger partial charge in [0.25, 0.3) is 0 Å². The smallest absolute Gasteiger partial charge is 0.165 e. The van der Waals surface area contributed by atoms with Crippen molar-refractivity contribution in [1.82, 2.24) is 0 Å². The molecule has 2 N–H and O–H groups in total. The lowest BCUT2D eigenvalue weighted by Crippen LogP contribution is -2.19. The van der Waals surface area contributed by atoms with Crippen molar-refractivity contribution in [3.63, 3.8) is 0 Å². The standard InChI is InChI=1S/C10H11Cl2NO/c1-6(13)4-10(14)8-5-7(11)2-3-9(8)12/h2-3,5-6H,4,13H2,1H3. The molecule has 76 valence electrons. The summed E-state index contributed by atoms with van der Waals surface area (Å²) in [4.78, 5) is 11.6. The van der Waals surface area contributed by atoms with Gasteiger partial charge in [0.1, 0.15) is 0 Å². The summed E-state index contributed by atoms with van der Waals surface area (Å²) >= 11 is 11.6. The van der Waals surface area contributed by atoms with Gasteiger partial charge in [-0.25, -0.2) is 0 Å². The summed E-state index contributed by atoms with van der Waals surface area (Å²) in [5.41, 5.74) is 5.96. The molecule has 14 heavy (non-hydrogen) atoms. The fourth-order valence-electron chi connectivity index (χ4n) is 1.11. The highest BCUT2D eigenvalue weighted by Crippen LogP contribution is 2.22. The second-order valence-electron chi connectivity index (χ2n) is 3.23. The SMILES string of the molecule is CC(N)CC(=O)c1cc(Cl)ccc1Cl. The Bertz CT molecular complexity index is 350. The maximum absolute atomic E-state index is 11.6. The Kier molecular flexibility index (Phi) is 3.93. The van der Waals surface area contributed by atoms with Crippen LogP contribution in [0.25, 0.3) is 0 Å². The van der Waals surface area contributed by atoms with Crippen LogP contribution in [0, 0.1) is 0 Å². The fraction of sp³-hybridized carbons (Fsp3) is 0.300. The summed E-state index contributed by atoms with van der Waals surface area (Å²) in [5, 5.41) is 0.919. The van der Waals surface area contributed by atoms with Crippen molar-refractivity contribution < 1.29 is 4.79 Å². The molecule has 2 nitrogen and oxygen atoms in total. The van der Waals surface area contributed by atoms with Crippen molar-refractivity contribution in [2.45, 2.75) is 19.4 Å². The monoisotopic (exact) mass is 231 g/mol. The molecule has 0 radical (unpaired) electrons. The maximum Gasteiger partial charge on any atom is 0.165 e. The Hall–Kier alpha value is -0.570. The number of halogens is 2. The first-order valence-electron chi connectivity index (χ1n) is 4.24. The van der Waals surface area contributed by atoms with Gasteiger partial charge in [0.2, 0.25) is 0 Å². The third-order valence-corrected chi connectivity index (χ3v) is 2.30. The minimum Gasteiger partial charge on any atom is -0.328 e. The molecule has 0 saturated heterocycles. The first kappa shape index (κ1) is 11.5. The van der Waals surface area contributed by atoms with Gasteiger partial charge in [0.15, 0.2) is 5.78 Å². The number of Topliss-reactive ketones (excluding diaryl/α,β-unsaturated/α-hetero) is 1. The van der Waals surface area contributed by atoms with Crippen LogP contribution in [-0.4, -0.2) is 11.8 Å². The number of hydrogen-bond donors (Lipinski definition) is 1. The van der Waals surface area contributed by atoms with Crippen LogP contribution in [0.1, 0.15) is 23.7 Å². The van der Waals surface area contributed by atoms with Crippen LogP contribution in [0.3, 0.4) is 0 Å². The van der Waals surface area contributed by atoms with E-state index in [1.165, 1.54) is 0 Å². The quantitative estimate of drug-likeness (QED) is 0.814. The number of carbonyl (C=O) groups is 1. The number of ketones is 1. The van der Waals surface area contributed by atoms with Gasteiger partial charge < -0.3 is 5.73 Å². The lowest BCUT2D eigenvalue weighted by molar-refractivity contribution is 0.0977. The normalized spacial score (nSPS) is 12.6. The molecule has 0 aliphatic carbocycles. The highest BCUT2D eigenvalue weighted by Gasteiger charge is 2.12. The summed E-state index contributed by atoms with van der Waals surface area (Å²) in [7, 11) is 0. The van der Waals surface area contributed by atoms with E-state index < -0.39 is 0 Å². The summed E-state index contributed by atoms with van der Waals surface area (Å²) < 4.78 is 0. The Labute approximate surface area is 93.0 Å². The van der Waals surface area contributed by atoms with E-state index in [0.29, 0.717) is 15.6 Å². The van der Waals surface area contributed by atoms with Crippen molar-refractivity contribution in [3.05, 3.63) is 33.8 Å². The number of carbonyl (C=O) groups excluding carboxylic acids is 1. The molecule has 1 unspecified atom stereocenters. The Morgan fingerprint density at radius 2 is 2.14 bits per heavy atom. The Morgan fingerprint density at radius 3 is 2.71 bits per heavy atom. The molecular weight excluding hydrogens is 221 g/mol. The summed E-state index contributed by atoms with van der Waals surface area (Å²) in [6.45, 7) is 1.77. The highest BCUT2D eigenvalue weighted by molar-refractivity contribution is 6.35. The minimum absolute atomic E-state index is 0.0764. The zero-order chi connectivity index (χ0) is 10.7. The van der Waals surface area contributed by atoms with Gasteiger partial charge in [-0.1, -0.05) is 23.2 Å². The van der Waals surface area contributed by atoms with Gasteiger partial charge in [-0.3, -0.25) is 4.79 Å². The van der Waals surface area contributed by atoms with E-state index in [1.54, 1.807) is 25.1 Å². The van der Waals surface area contributed by atoms with Crippen LogP contribution in [0.4, 0.5) is 0 Å². The lowest BCUT2D eigenvalue weighted by Gasteiger charge is -2.06. The van der Waals surface area contributed by atoms with Crippen LogP contribution < -0.4 is 5.73 Å². The van der Waals surface area contributed by atoms with Crippen LogP contribution in [-0.2, 0) is 0 Å². The molecule has 0 bridgehead atoms. The zero-order valence-electron chi connectivity index (χ0n) is 7.76. The van der Waals surface area contributed by atoms with Gasteiger partial charge in [0.05, 0.1) is 5.02 Å². The third kappa shape index (κ3) is 2.98. The summed E-state index contributed by atoms with van der Waals surface area (Å²) in [6, 6.07) is 4.65. The number of benzene rings is 1. The number of hydrogen-bond acceptors (Lipinski definition) is 2. The first-order chi connectivity index (χ1) is 6.50. The predicted molar refractivity (Wildman–Crippen MR) is 59.1 cm³/mol. The molecule has 0 heterocycles. The highest BCUT2D eigenvalue weighted by atomic mass is 35.5. The first-order valence-corrected chi connectivity index (χ1v) is 5.00. The van der Waals surface area contributed by atoms with Crippen molar-refractivity contribution in [2.24, 2.45) is 5.73 Å². The van der Waals surface area contributed by atoms with Gasteiger partial charge >= 0.3 is 0 Å². The molecule has 0 aromatic heterocycles. The van der Waals surface area contributed by atoms with Crippen molar-refractivity contribution in [2.75, 3.05) is 0 Å². The van der Waals surface area contributed by atoms with Gasteiger partial charge in [-0.15, -0.1) is 0 Å². The van der Waals surface area contributed by atoms with Gasteiger partial charge in [-0.2, -0.15) is 0 Å².